The average molecular weight is 367 g/mol. The van der Waals surface area contributed by atoms with Crippen LogP contribution >= 0.6 is 11.6 Å². The number of benzene rings is 3. The van der Waals surface area contributed by atoms with E-state index in [0.29, 0.717) is 5.69 Å². The molecule has 0 unspecified atom stereocenters. The molecule has 0 radical (unpaired) electrons. The summed E-state index contributed by atoms with van der Waals surface area (Å²) in [6, 6.07) is 17.9. The molecule has 130 valence electrons. The van der Waals surface area contributed by atoms with Gasteiger partial charge in [-0.1, -0.05) is 29.8 Å². The molecule has 0 saturated heterocycles. The van der Waals surface area contributed by atoms with E-state index in [0.717, 1.165) is 34.4 Å². The Kier molecular flexibility index (Phi) is 4.13. The summed E-state index contributed by atoms with van der Waals surface area (Å²) in [7, 11) is 0. The van der Waals surface area contributed by atoms with Gasteiger partial charge >= 0.3 is 0 Å². The molecule has 0 fully saturated rings. The molecule has 3 aromatic carbocycles. The molecular weight excluding hydrogens is 351 g/mol. The first-order valence-corrected chi connectivity index (χ1v) is 8.73. The smallest absolute Gasteiger partial charge is 0.258 e. The fraction of sp³-hybridized carbons (Fsp3) is 0.0952. The van der Waals surface area contributed by atoms with Crippen molar-refractivity contribution in [2.45, 2.75) is 13.5 Å². The minimum atomic E-state index is -0.640. The fourth-order valence-electron chi connectivity index (χ4n) is 3.34. The van der Waals surface area contributed by atoms with Crippen molar-refractivity contribution in [1.29, 1.82) is 0 Å². The quantitative estimate of drug-likeness (QED) is 0.484. The van der Waals surface area contributed by atoms with Crippen LogP contribution < -0.4 is 5.32 Å². The number of nitrogens with one attached hydrogen (secondary N) is 1. The molecule has 4 rings (SSSR count). The SMILES string of the molecule is CCn1c2ccccc2c2cc(NC(=O)c3ccc(Cl)cc3F)ccc21. The zero-order valence-electron chi connectivity index (χ0n) is 14.1. The van der Waals surface area contributed by atoms with Crippen LogP contribution in [0.3, 0.4) is 0 Å². The summed E-state index contributed by atoms with van der Waals surface area (Å²) >= 11 is 5.74. The summed E-state index contributed by atoms with van der Waals surface area (Å²) < 4.78 is 16.2. The number of para-hydroxylation sites is 1. The van der Waals surface area contributed by atoms with Gasteiger partial charge in [0.25, 0.3) is 5.91 Å². The van der Waals surface area contributed by atoms with Crippen LogP contribution in [0.15, 0.2) is 60.7 Å². The van der Waals surface area contributed by atoms with Crippen molar-refractivity contribution in [2.24, 2.45) is 0 Å². The Morgan fingerprint density at radius 3 is 2.58 bits per heavy atom. The Balaban J connectivity index is 1.76. The van der Waals surface area contributed by atoms with Crippen LogP contribution in [0.4, 0.5) is 10.1 Å². The van der Waals surface area contributed by atoms with Crippen molar-refractivity contribution in [3.8, 4) is 0 Å². The van der Waals surface area contributed by atoms with Gasteiger partial charge in [0.05, 0.1) is 5.56 Å². The normalized spacial score (nSPS) is 11.2. The number of hydrogen-bond donors (Lipinski definition) is 1. The van der Waals surface area contributed by atoms with Gasteiger partial charge in [0.15, 0.2) is 0 Å². The Bertz CT molecular complexity index is 1150. The molecule has 0 aliphatic heterocycles. The summed E-state index contributed by atoms with van der Waals surface area (Å²) in [6.45, 7) is 2.95. The molecule has 0 aliphatic carbocycles. The number of fused-ring (bicyclic) bond motifs is 3. The summed E-state index contributed by atoms with van der Waals surface area (Å²) in [6.07, 6.45) is 0. The molecule has 1 aromatic heterocycles. The fourth-order valence-corrected chi connectivity index (χ4v) is 3.50. The van der Waals surface area contributed by atoms with E-state index < -0.39 is 11.7 Å². The van der Waals surface area contributed by atoms with E-state index in [9.17, 15) is 9.18 Å². The molecule has 5 heteroatoms. The minimum absolute atomic E-state index is 0.0366. The zero-order chi connectivity index (χ0) is 18.3. The predicted octanol–water partition coefficient (Wildman–Crippen LogP) is 5.86. The van der Waals surface area contributed by atoms with Crippen molar-refractivity contribution in [3.05, 3.63) is 77.1 Å². The van der Waals surface area contributed by atoms with Gasteiger partial charge in [0.1, 0.15) is 5.82 Å². The molecule has 0 aliphatic rings. The molecule has 4 aromatic rings. The Labute approximate surface area is 155 Å². The van der Waals surface area contributed by atoms with Gasteiger partial charge in [-0.05, 0) is 49.4 Å². The number of amides is 1. The topological polar surface area (TPSA) is 34.0 Å². The highest BCUT2D eigenvalue weighted by atomic mass is 35.5. The molecule has 0 saturated carbocycles. The Morgan fingerprint density at radius 2 is 1.81 bits per heavy atom. The van der Waals surface area contributed by atoms with Crippen LogP contribution in [0, 0.1) is 5.82 Å². The van der Waals surface area contributed by atoms with Crippen LogP contribution in [0.5, 0.6) is 0 Å². The molecule has 1 N–H and O–H groups in total. The van der Waals surface area contributed by atoms with E-state index in [1.165, 1.54) is 12.1 Å². The summed E-state index contributed by atoms with van der Waals surface area (Å²) in [5.41, 5.74) is 2.84. The third kappa shape index (κ3) is 2.72. The molecule has 1 amide bonds. The first kappa shape index (κ1) is 16.6. The first-order valence-electron chi connectivity index (χ1n) is 8.36. The Morgan fingerprint density at radius 1 is 1.04 bits per heavy atom. The lowest BCUT2D eigenvalue weighted by Crippen LogP contribution is -2.13. The van der Waals surface area contributed by atoms with E-state index in [1.54, 1.807) is 0 Å². The lowest BCUT2D eigenvalue weighted by atomic mass is 10.1. The second-order valence-corrected chi connectivity index (χ2v) is 6.51. The number of carbonyl (C=O) groups is 1. The van der Waals surface area contributed by atoms with Gasteiger partial charge in [-0.3, -0.25) is 4.79 Å². The molecule has 3 nitrogen and oxygen atoms in total. The van der Waals surface area contributed by atoms with E-state index in [2.05, 4.69) is 28.9 Å². The van der Waals surface area contributed by atoms with Gasteiger partial charge in [0, 0.05) is 39.1 Å². The summed E-state index contributed by atoms with van der Waals surface area (Å²) in [4.78, 5) is 12.4. The van der Waals surface area contributed by atoms with Crippen molar-refractivity contribution in [3.63, 3.8) is 0 Å². The van der Waals surface area contributed by atoms with Gasteiger partial charge in [-0.25, -0.2) is 4.39 Å². The summed E-state index contributed by atoms with van der Waals surface area (Å²) in [5.74, 6) is -1.14. The van der Waals surface area contributed by atoms with Crippen molar-refractivity contribution in [2.75, 3.05) is 5.32 Å². The molecule has 0 atom stereocenters. The number of hydrogen-bond acceptors (Lipinski definition) is 1. The highest BCUT2D eigenvalue weighted by Gasteiger charge is 2.14. The number of aromatic nitrogens is 1. The molecule has 0 bridgehead atoms. The van der Waals surface area contributed by atoms with Gasteiger partial charge in [-0.15, -0.1) is 0 Å². The number of aryl methyl sites for hydroxylation is 1. The van der Waals surface area contributed by atoms with E-state index in [4.69, 9.17) is 11.6 Å². The largest absolute Gasteiger partial charge is 0.341 e. The maximum Gasteiger partial charge on any atom is 0.258 e. The average Bonchev–Trinajstić information content (AvgIpc) is 2.94. The second kappa shape index (κ2) is 6.46. The van der Waals surface area contributed by atoms with Crippen LogP contribution in [-0.4, -0.2) is 10.5 Å². The van der Waals surface area contributed by atoms with Gasteiger partial charge < -0.3 is 9.88 Å². The second-order valence-electron chi connectivity index (χ2n) is 6.07. The third-order valence-electron chi connectivity index (χ3n) is 4.52. The zero-order valence-corrected chi connectivity index (χ0v) is 14.8. The highest BCUT2D eigenvalue weighted by Crippen LogP contribution is 2.31. The molecule has 1 heterocycles. The van der Waals surface area contributed by atoms with Crippen molar-refractivity contribution in [1.82, 2.24) is 4.57 Å². The maximum atomic E-state index is 14.0. The molecule has 26 heavy (non-hydrogen) atoms. The predicted molar refractivity (Wildman–Crippen MR) is 104 cm³/mol. The minimum Gasteiger partial charge on any atom is -0.341 e. The molecular formula is C21H16ClFN2O. The van der Waals surface area contributed by atoms with E-state index in [-0.39, 0.29) is 10.6 Å². The number of nitrogens with zero attached hydrogens (tertiary/aromatic N) is 1. The standard InChI is InChI=1S/C21H16ClFN2O/c1-2-25-19-6-4-3-5-15(19)17-12-14(8-10-20(17)25)24-21(26)16-9-7-13(22)11-18(16)23/h3-12H,2H2,1H3,(H,24,26). The number of halogens is 2. The monoisotopic (exact) mass is 366 g/mol. The van der Waals surface area contributed by atoms with Gasteiger partial charge in [-0.2, -0.15) is 0 Å². The number of anilines is 1. The van der Waals surface area contributed by atoms with Crippen molar-refractivity contribution < 1.29 is 9.18 Å². The Hall–Kier alpha value is -2.85. The van der Waals surface area contributed by atoms with Crippen LogP contribution in [0.25, 0.3) is 21.8 Å². The van der Waals surface area contributed by atoms with Crippen LogP contribution in [-0.2, 0) is 6.54 Å². The number of rotatable bonds is 3. The first-order chi connectivity index (χ1) is 12.6. The maximum absolute atomic E-state index is 14.0. The van der Waals surface area contributed by atoms with Crippen molar-refractivity contribution >= 4 is 45.0 Å². The lowest BCUT2D eigenvalue weighted by Gasteiger charge is -2.08. The highest BCUT2D eigenvalue weighted by molar-refractivity contribution is 6.30. The lowest BCUT2D eigenvalue weighted by molar-refractivity contribution is 0.102. The van der Waals surface area contributed by atoms with Crippen LogP contribution in [0.1, 0.15) is 17.3 Å². The molecule has 0 spiro atoms. The summed E-state index contributed by atoms with van der Waals surface area (Å²) in [5, 5.41) is 5.20. The van der Waals surface area contributed by atoms with Gasteiger partial charge in [0.2, 0.25) is 0 Å². The van der Waals surface area contributed by atoms with E-state index in [1.807, 2.05) is 30.3 Å². The third-order valence-corrected chi connectivity index (χ3v) is 4.76. The number of carbonyl (C=O) groups excluding carboxylic acids is 1. The van der Waals surface area contributed by atoms with E-state index >= 15 is 0 Å². The van der Waals surface area contributed by atoms with Crippen LogP contribution in [0.2, 0.25) is 5.02 Å².